The molecule has 1 aromatic carbocycles. The van der Waals surface area contributed by atoms with Gasteiger partial charge in [0.05, 0.1) is 12.2 Å². The molecule has 0 fully saturated rings. The number of carbonyl (C=O) groups is 1. The normalized spacial score (nSPS) is 13.7. The molecule has 7 heteroatoms. The van der Waals surface area contributed by atoms with Crippen molar-refractivity contribution in [2.24, 2.45) is 0 Å². The van der Waals surface area contributed by atoms with Crippen molar-refractivity contribution in [2.75, 3.05) is 6.79 Å². The van der Waals surface area contributed by atoms with Crippen molar-refractivity contribution in [2.45, 2.75) is 6.61 Å². The first-order valence-electron chi connectivity index (χ1n) is 5.39. The van der Waals surface area contributed by atoms with Gasteiger partial charge >= 0.3 is 5.97 Å². The lowest BCUT2D eigenvalue weighted by Crippen LogP contribution is -2.12. The molecule has 2 heterocycles. The van der Waals surface area contributed by atoms with Gasteiger partial charge in [0.15, 0.2) is 18.2 Å². The Morgan fingerprint density at radius 1 is 1.42 bits per heavy atom. The molecular weight excluding hydrogens is 257 g/mol. The van der Waals surface area contributed by atoms with E-state index in [2.05, 4.69) is 5.16 Å². The van der Waals surface area contributed by atoms with Gasteiger partial charge in [-0.1, -0.05) is 5.16 Å². The smallest absolute Gasteiger partial charge is 0.358 e. The predicted molar refractivity (Wildman–Crippen MR) is 59.1 cm³/mol. The Hall–Kier alpha value is -2.41. The molecule has 1 N–H and O–H groups in total. The Morgan fingerprint density at radius 2 is 2.26 bits per heavy atom. The second kappa shape index (κ2) is 4.36. The maximum Gasteiger partial charge on any atom is 0.358 e. The average molecular weight is 265 g/mol. The topological polar surface area (TPSA) is 81.8 Å². The van der Waals surface area contributed by atoms with E-state index in [0.717, 1.165) is 6.07 Å². The second-order valence-electron chi connectivity index (χ2n) is 3.89. The van der Waals surface area contributed by atoms with Crippen LogP contribution in [-0.4, -0.2) is 23.0 Å². The Bertz CT molecular complexity index is 652. The zero-order valence-electron chi connectivity index (χ0n) is 9.55. The molecule has 0 atom stereocenters. The Kier molecular flexibility index (Phi) is 2.68. The molecule has 0 bridgehead atoms. The summed E-state index contributed by atoms with van der Waals surface area (Å²) in [6.45, 7) is 0.250. The minimum atomic E-state index is -1.24. The number of carboxylic acid groups (broad SMARTS) is 1. The third-order valence-corrected chi connectivity index (χ3v) is 2.74. The van der Waals surface area contributed by atoms with Crippen LogP contribution in [0.15, 0.2) is 22.7 Å². The highest BCUT2D eigenvalue weighted by Crippen LogP contribution is 2.36. The van der Waals surface area contributed by atoms with Crippen molar-refractivity contribution < 1.29 is 28.3 Å². The van der Waals surface area contributed by atoms with Crippen LogP contribution in [0, 0.1) is 5.82 Å². The van der Waals surface area contributed by atoms with E-state index in [1.54, 1.807) is 0 Å². The van der Waals surface area contributed by atoms with Crippen LogP contribution in [0.5, 0.6) is 5.75 Å². The van der Waals surface area contributed by atoms with Crippen molar-refractivity contribution in [3.63, 3.8) is 0 Å². The SMILES string of the molecule is O=C(O)c1cc(-c2c(F)ccc3c2COCO3)on1. The highest BCUT2D eigenvalue weighted by atomic mass is 19.1. The summed E-state index contributed by atoms with van der Waals surface area (Å²) in [6.07, 6.45) is 0. The molecule has 1 aliphatic heterocycles. The van der Waals surface area contributed by atoms with Crippen LogP contribution in [0.1, 0.15) is 16.1 Å². The summed E-state index contributed by atoms with van der Waals surface area (Å²) in [6, 6.07) is 3.88. The summed E-state index contributed by atoms with van der Waals surface area (Å²) in [4.78, 5) is 10.8. The van der Waals surface area contributed by atoms with Gasteiger partial charge in [-0.3, -0.25) is 0 Å². The fourth-order valence-corrected chi connectivity index (χ4v) is 1.89. The molecule has 98 valence electrons. The third kappa shape index (κ3) is 1.93. The van der Waals surface area contributed by atoms with E-state index >= 15 is 0 Å². The highest BCUT2D eigenvalue weighted by molar-refractivity contribution is 5.86. The summed E-state index contributed by atoms with van der Waals surface area (Å²) in [5.41, 5.74) is 0.293. The monoisotopic (exact) mass is 265 g/mol. The van der Waals surface area contributed by atoms with E-state index in [4.69, 9.17) is 19.1 Å². The molecule has 0 unspecified atom stereocenters. The van der Waals surface area contributed by atoms with Gasteiger partial charge in [-0.2, -0.15) is 0 Å². The zero-order valence-corrected chi connectivity index (χ0v) is 9.55. The van der Waals surface area contributed by atoms with E-state index in [1.165, 1.54) is 12.1 Å². The number of rotatable bonds is 2. The highest BCUT2D eigenvalue weighted by Gasteiger charge is 2.23. The first-order valence-corrected chi connectivity index (χ1v) is 5.39. The van der Waals surface area contributed by atoms with E-state index in [9.17, 15) is 9.18 Å². The lowest BCUT2D eigenvalue weighted by atomic mass is 10.0. The molecule has 1 aromatic heterocycles. The Labute approximate surface area is 106 Å². The van der Waals surface area contributed by atoms with E-state index in [1.807, 2.05) is 0 Å². The summed E-state index contributed by atoms with van der Waals surface area (Å²) in [5, 5.41) is 12.1. The Morgan fingerprint density at radius 3 is 3.00 bits per heavy atom. The fraction of sp³-hybridized carbons (Fsp3) is 0.167. The molecule has 3 rings (SSSR count). The molecule has 1 aliphatic rings. The standard InChI is InChI=1S/C12H8FNO5/c13-7-1-2-9-6(4-17-5-18-9)11(7)10-3-8(12(15)16)14-19-10/h1-3H,4-5H2,(H,15,16). The van der Waals surface area contributed by atoms with Gasteiger partial charge < -0.3 is 19.1 Å². The minimum absolute atomic E-state index is 0.0286. The van der Waals surface area contributed by atoms with Crippen molar-refractivity contribution in [3.8, 4) is 17.1 Å². The van der Waals surface area contributed by atoms with Gasteiger partial charge in [-0.05, 0) is 12.1 Å². The lowest BCUT2D eigenvalue weighted by molar-refractivity contribution is -0.0163. The van der Waals surface area contributed by atoms with Crippen molar-refractivity contribution in [1.82, 2.24) is 5.16 Å². The number of fused-ring (bicyclic) bond motifs is 1. The van der Waals surface area contributed by atoms with Gasteiger partial charge in [0.1, 0.15) is 11.6 Å². The number of carboxylic acids is 1. The number of aromatic carboxylic acids is 1. The number of ether oxygens (including phenoxy) is 2. The van der Waals surface area contributed by atoms with Crippen molar-refractivity contribution in [3.05, 3.63) is 35.3 Å². The maximum atomic E-state index is 13.9. The molecule has 0 amide bonds. The summed E-state index contributed by atoms with van der Waals surface area (Å²) >= 11 is 0. The first-order chi connectivity index (χ1) is 9.16. The molecule has 6 nitrogen and oxygen atoms in total. The number of nitrogens with zero attached hydrogens (tertiary/aromatic N) is 1. The van der Waals surface area contributed by atoms with Crippen LogP contribution in [-0.2, 0) is 11.3 Å². The quantitative estimate of drug-likeness (QED) is 0.894. The average Bonchev–Trinajstić information content (AvgIpc) is 2.88. The van der Waals surface area contributed by atoms with Gasteiger partial charge in [-0.25, -0.2) is 9.18 Å². The lowest BCUT2D eigenvalue weighted by Gasteiger charge is -2.19. The van der Waals surface area contributed by atoms with Crippen molar-refractivity contribution >= 4 is 5.97 Å². The van der Waals surface area contributed by atoms with Crippen LogP contribution in [0.3, 0.4) is 0 Å². The number of hydrogen-bond acceptors (Lipinski definition) is 5. The van der Waals surface area contributed by atoms with E-state index < -0.39 is 11.8 Å². The van der Waals surface area contributed by atoms with E-state index in [0.29, 0.717) is 11.3 Å². The molecule has 0 spiro atoms. The molecule has 0 radical (unpaired) electrons. The molecule has 0 saturated heterocycles. The number of aromatic nitrogens is 1. The predicted octanol–water partition coefficient (Wildman–Crippen LogP) is 2.05. The largest absolute Gasteiger partial charge is 0.476 e. The fourth-order valence-electron chi connectivity index (χ4n) is 1.89. The van der Waals surface area contributed by atoms with Crippen molar-refractivity contribution in [1.29, 1.82) is 0 Å². The summed E-state index contributed by atoms with van der Waals surface area (Å²) in [7, 11) is 0. The summed E-state index contributed by atoms with van der Waals surface area (Å²) in [5.74, 6) is -1.29. The van der Waals surface area contributed by atoms with Gasteiger partial charge in [0.25, 0.3) is 0 Å². The van der Waals surface area contributed by atoms with Gasteiger partial charge in [0, 0.05) is 11.6 Å². The van der Waals surface area contributed by atoms with Crippen LogP contribution < -0.4 is 4.74 Å². The van der Waals surface area contributed by atoms with Gasteiger partial charge in [-0.15, -0.1) is 0 Å². The Balaban J connectivity index is 2.15. The number of halogens is 1. The molecule has 0 saturated carbocycles. The van der Waals surface area contributed by atoms with Crippen LogP contribution in [0.2, 0.25) is 0 Å². The van der Waals surface area contributed by atoms with E-state index in [-0.39, 0.29) is 30.4 Å². The molecule has 2 aromatic rings. The molecule has 19 heavy (non-hydrogen) atoms. The van der Waals surface area contributed by atoms with Crippen LogP contribution in [0.4, 0.5) is 4.39 Å². The maximum absolute atomic E-state index is 13.9. The third-order valence-electron chi connectivity index (χ3n) is 2.74. The second-order valence-corrected chi connectivity index (χ2v) is 3.89. The molecular formula is C12H8FNO5. The minimum Gasteiger partial charge on any atom is -0.476 e. The molecule has 0 aliphatic carbocycles. The first kappa shape index (κ1) is 11.7. The van der Waals surface area contributed by atoms with Gasteiger partial charge in [0.2, 0.25) is 0 Å². The van der Waals surface area contributed by atoms with Crippen LogP contribution in [0.25, 0.3) is 11.3 Å². The zero-order chi connectivity index (χ0) is 13.4. The summed E-state index contributed by atoms with van der Waals surface area (Å²) < 4.78 is 29.1. The van der Waals surface area contributed by atoms with Crippen LogP contribution >= 0.6 is 0 Å². The number of benzene rings is 1. The number of hydrogen-bond donors (Lipinski definition) is 1.